The summed E-state index contributed by atoms with van der Waals surface area (Å²) in [6, 6.07) is 8.27. The van der Waals surface area contributed by atoms with Gasteiger partial charge in [-0.25, -0.2) is 0 Å². The molecule has 0 radical (unpaired) electrons. The second-order valence-electron chi connectivity index (χ2n) is 3.61. The van der Waals surface area contributed by atoms with Crippen LogP contribution in [0.15, 0.2) is 24.3 Å². The smallest absolute Gasteiger partial charge is 0.119 e. The monoisotopic (exact) mass is 207 g/mol. The molecule has 0 heterocycles. The molecule has 2 heteroatoms. The summed E-state index contributed by atoms with van der Waals surface area (Å²) in [5.41, 5.74) is 1.29. The Kier molecular flexibility index (Phi) is 5.86. The maximum atomic E-state index is 5.45. The predicted octanol–water partition coefficient (Wildman–Crippen LogP) is 2.98. The molecule has 1 rings (SSSR count). The zero-order valence-electron chi connectivity index (χ0n) is 9.75. The number of hydrogen-bond donors (Lipinski definition) is 1. The first-order chi connectivity index (χ1) is 7.36. The molecule has 1 aromatic rings. The van der Waals surface area contributed by atoms with Crippen molar-refractivity contribution < 1.29 is 4.74 Å². The van der Waals surface area contributed by atoms with E-state index in [1.165, 1.54) is 18.4 Å². The Balaban J connectivity index is 2.36. The first kappa shape index (κ1) is 12.1. The highest BCUT2D eigenvalue weighted by atomic mass is 16.5. The molecule has 0 saturated carbocycles. The van der Waals surface area contributed by atoms with E-state index < -0.39 is 0 Å². The van der Waals surface area contributed by atoms with Gasteiger partial charge in [-0.2, -0.15) is 0 Å². The minimum absolute atomic E-state index is 0.729. The van der Waals surface area contributed by atoms with E-state index in [9.17, 15) is 0 Å². The summed E-state index contributed by atoms with van der Waals surface area (Å²) in [6.45, 7) is 6.96. The third kappa shape index (κ3) is 4.84. The summed E-state index contributed by atoms with van der Waals surface area (Å²) in [7, 11) is 0. The Morgan fingerprint density at radius 2 is 2.13 bits per heavy atom. The third-order valence-electron chi connectivity index (χ3n) is 2.25. The maximum Gasteiger partial charge on any atom is 0.119 e. The normalized spacial score (nSPS) is 10.3. The highest BCUT2D eigenvalue weighted by molar-refractivity contribution is 5.28. The number of hydrogen-bond acceptors (Lipinski definition) is 2. The van der Waals surface area contributed by atoms with Gasteiger partial charge < -0.3 is 10.1 Å². The van der Waals surface area contributed by atoms with E-state index in [1.807, 2.05) is 19.1 Å². The summed E-state index contributed by atoms with van der Waals surface area (Å²) < 4.78 is 5.45. The molecule has 0 atom stereocenters. The average molecular weight is 207 g/mol. The Morgan fingerprint density at radius 3 is 2.87 bits per heavy atom. The number of ether oxygens (including phenoxy) is 1. The summed E-state index contributed by atoms with van der Waals surface area (Å²) in [5.74, 6) is 0.965. The number of nitrogens with one attached hydrogen (secondary N) is 1. The van der Waals surface area contributed by atoms with Crippen LogP contribution in [0.2, 0.25) is 0 Å². The number of benzene rings is 1. The van der Waals surface area contributed by atoms with E-state index in [4.69, 9.17) is 4.74 Å². The SMILES string of the molecule is CCCCNCc1cccc(OCC)c1. The van der Waals surface area contributed by atoms with Crippen molar-refractivity contribution in [2.75, 3.05) is 13.2 Å². The Labute approximate surface area is 92.6 Å². The molecule has 0 saturated heterocycles. The molecule has 0 unspecified atom stereocenters. The lowest BCUT2D eigenvalue weighted by Crippen LogP contribution is -2.14. The van der Waals surface area contributed by atoms with Crippen LogP contribution in [0.5, 0.6) is 5.75 Å². The molecule has 0 aliphatic rings. The third-order valence-corrected chi connectivity index (χ3v) is 2.25. The lowest BCUT2D eigenvalue weighted by Gasteiger charge is -2.07. The molecule has 1 N–H and O–H groups in total. The summed E-state index contributed by atoms with van der Waals surface area (Å²) in [5, 5.41) is 3.42. The van der Waals surface area contributed by atoms with E-state index in [1.54, 1.807) is 0 Å². The van der Waals surface area contributed by atoms with Gasteiger partial charge in [0, 0.05) is 6.54 Å². The minimum atomic E-state index is 0.729. The van der Waals surface area contributed by atoms with Crippen LogP contribution in [-0.2, 0) is 6.54 Å². The van der Waals surface area contributed by atoms with Crippen molar-refractivity contribution >= 4 is 0 Å². The van der Waals surface area contributed by atoms with Crippen LogP contribution in [0.3, 0.4) is 0 Å². The molecular weight excluding hydrogens is 186 g/mol. The molecule has 0 aliphatic carbocycles. The van der Waals surface area contributed by atoms with Gasteiger partial charge >= 0.3 is 0 Å². The minimum Gasteiger partial charge on any atom is -0.494 e. The summed E-state index contributed by atoms with van der Waals surface area (Å²) in [4.78, 5) is 0. The molecule has 0 bridgehead atoms. The Bertz CT molecular complexity index is 273. The lowest BCUT2D eigenvalue weighted by atomic mass is 10.2. The topological polar surface area (TPSA) is 21.3 Å². The number of rotatable bonds is 7. The Morgan fingerprint density at radius 1 is 1.27 bits per heavy atom. The highest BCUT2D eigenvalue weighted by Crippen LogP contribution is 2.12. The fourth-order valence-electron chi connectivity index (χ4n) is 1.45. The number of unbranched alkanes of at least 4 members (excludes halogenated alkanes) is 1. The van der Waals surface area contributed by atoms with Crippen LogP contribution in [0.1, 0.15) is 32.3 Å². The first-order valence-electron chi connectivity index (χ1n) is 5.79. The molecule has 0 amide bonds. The quantitative estimate of drug-likeness (QED) is 0.694. The second-order valence-corrected chi connectivity index (χ2v) is 3.61. The van der Waals surface area contributed by atoms with Crippen molar-refractivity contribution in [3.05, 3.63) is 29.8 Å². The van der Waals surface area contributed by atoms with E-state index in [2.05, 4.69) is 24.4 Å². The van der Waals surface area contributed by atoms with E-state index in [0.29, 0.717) is 0 Å². The average Bonchev–Trinajstić information content (AvgIpc) is 2.26. The van der Waals surface area contributed by atoms with E-state index in [0.717, 1.165) is 25.4 Å². The summed E-state index contributed by atoms with van der Waals surface area (Å²) >= 11 is 0. The van der Waals surface area contributed by atoms with Gasteiger partial charge in [-0.15, -0.1) is 0 Å². The Hall–Kier alpha value is -1.02. The zero-order valence-corrected chi connectivity index (χ0v) is 9.75. The first-order valence-corrected chi connectivity index (χ1v) is 5.79. The fraction of sp³-hybridized carbons (Fsp3) is 0.538. The largest absolute Gasteiger partial charge is 0.494 e. The van der Waals surface area contributed by atoms with Crippen LogP contribution in [0.25, 0.3) is 0 Å². The van der Waals surface area contributed by atoms with Crippen molar-refractivity contribution in [3.63, 3.8) is 0 Å². The van der Waals surface area contributed by atoms with Crippen molar-refractivity contribution in [2.45, 2.75) is 33.2 Å². The molecule has 0 aromatic heterocycles. The maximum absolute atomic E-state index is 5.45. The van der Waals surface area contributed by atoms with Crippen molar-refractivity contribution in [1.82, 2.24) is 5.32 Å². The molecule has 0 aliphatic heterocycles. The van der Waals surface area contributed by atoms with Crippen LogP contribution >= 0.6 is 0 Å². The lowest BCUT2D eigenvalue weighted by molar-refractivity contribution is 0.340. The molecule has 84 valence electrons. The van der Waals surface area contributed by atoms with Gasteiger partial charge in [-0.1, -0.05) is 25.5 Å². The van der Waals surface area contributed by atoms with Gasteiger partial charge in [0.25, 0.3) is 0 Å². The fourth-order valence-corrected chi connectivity index (χ4v) is 1.45. The van der Waals surface area contributed by atoms with Crippen LogP contribution in [0, 0.1) is 0 Å². The van der Waals surface area contributed by atoms with Crippen molar-refractivity contribution in [3.8, 4) is 5.75 Å². The molecule has 1 aromatic carbocycles. The van der Waals surface area contributed by atoms with Crippen LogP contribution in [-0.4, -0.2) is 13.2 Å². The van der Waals surface area contributed by atoms with Crippen LogP contribution in [0.4, 0.5) is 0 Å². The van der Waals surface area contributed by atoms with Gasteiger partial charge in [0.1, 0.15) is 5.75 Å². The molecule has 2 nitrogen and oxygen atoms in total. The standard InChI is InChI=1S/C13H21NO/c1-3-5-9-14-11-12-7-6-8-13(10-12)15-4-2/h6-8,10,14H,3-5,9,11H2,1-2H3. The zero-order chi connectivity index (χ0) is 10.9. The molecule has 0 fully saturated rings. The summed E-state index contributed by atoms with van der Waals surface area (Å²) in [6.07, 6.45) is 2.48. The molecule has 0 spiro atoms. The van der Waals surface area contributed by atoms with Crippen LogP contribution < -0.4 is 10.1 Å². The van der Waals surface area contributed by atoms with Gasteiger partial charge in [-0.05, 0) is 37.6 Å². The van der Waals surface area contributed by atoms with Crippen molar-refractivity contribution in [2.24, 2.45) is 0 Å². The predicted molar refractivity (Wildman–Crippen MR) is 64.2 cm³/mol. The van der Waals surface area contributed by atoms with Gasteiger partial charge in [-0.3, -0.25) is 0 Å². The van der Waals surface area contributed by atoms with E-state index >= 15 is 0 Å². The van der Waals surface area contributed by atoms with Gasteiger partial charge in [0.05, 0.1) is 6.61 Å². The highest BCUT2D eigenvalue weighted by Gasteiger charge is 1.95. The molecule has 15 heavy (non-hydrogen) atoms. The second kappa shape index (κ2) is 7.30. The van der Waals surface area contributed by atoms with Gasteiger partial charge in [0.15, 0.2) is 0 Å². The van der Waals surface area contributed by atoms with Crippen molar-refractivity contribution in [1.29, 1.82) is 0 Å². The van der Waals surface area contributed by atoms with Gasteiger partial charge in [0.2, 0.25) is 0 Å². The van der Waals surface area contributed by atoms with E-state index in [-0.39, 0.29) is 0 Å². The molecular formula is C13H21NO.